The second kappa shape index (κ2) is 8.18. The Hall–Kier alpha value is -3.26. The molecule has 0 unspecified atom stereocenters. The third-order valence-electron chi connectivity index (χ3n) is 4.13. The molecule has 0 aliphatic carbocycles. The maximum Gasteiger partial charge on any atom is 0.350 e. The third kappa shape index (κ3) is 3.46. The van der Waals surface area contributed by atoms with Gasteiger partial charge in [-0.2, -0.15) is 0 Å². The Kier molecular flexibility index (Phi) is 5.70. The number of ether oxygens (including phenoxy) is 4. The van der Waals surface area contributed by atoms with Gasteiger partial charge >= 0.3 is 5.97 Å². The number of benzene rings is 2. The van der Waals surface area contributed by atoms with E-state index < -0.39 is 11.9 Å². The molecule has 1 N–H and O–H groups in total. The Labute approximate surface area is 165 Å². The lowest BCUT2D eigenvalue weighted by Gasteiger charge is -2.14. The molecule has 8 heteroatoms. The molecule has 1 aromatic heterocycles. The van der Waals surface area contributed by atoms with Crippen molar-refractivity contribution in [3.8, 4) is 17.2 Å². The monoisotopic (exact) mass is 401 g/mol. The number of carbonyl (C=O) groups is 2. The maximum atomic E-state index is 12.9. The van der Waals surface area contributed by atoms with Crippen molar-refractivity contribution in [1.82, 2.24) is 0 Å². The molecule has 0 spiro atoms. The van der Waals surface area contributed by atoms with Gasteiger partial charge in [-0.05, 0) is 18.2 Å². The van der Waals surface area contributed by atoms with E-state index in [2.05, 4.69) is 5.32 Å². The average molecular weight is 401 g/mol. The third-order valence-corrected chi connectivity index (χ3v) is 5.28. The number of fused-ring (bicyclic) bond motifs is 1. The number of thiophene rings is 1. The van der Waals surface area contributed by atoms with Crippen LogP contribution in [0.15, 0.2) is 36.4 Å². The van der Waals surface area contributed by atoms with Crippen LogP contribution in [0.4, 0.5) is 5.69 Å². The first-order chi connectivity index (χ1) is 13.5. The molecule has 7 nitrogen and oxygen atoms in total. The van der Waals surface area contributed by atoms with Gasteiger partial charge in [0.1, 0.15) is 4.88 Å². The van der Waals surface area contributed by atoms with Gasteiger partial charge in [0.15, 0.2) is 11.5 Å². The second-order valence-electron chi connectivity index (χ2n) is 5.66. The summed E-state index contributed by atoms with van der Waals surface area (Å²) in [5.41, 5.74) is 0.701. The van der Waals surface area contributed by atoms with Crippen molar-refractivity contribution >= 4 is 39.0 Å². The van der Waals surface area contributed by atoms with Gasteiger partial charge in [-0.15, -0.1) is 11.3 Å². The smallest absolute Gasteiger partial charge is 0.350 e. The molecular weight excluding hydrogens is 382 g/mol. The number of nitrogens with one attached hydrogen (secondary N) is 1. The number of anilines is 1. The average Bonchev–Trinajstić information content (AvgIpc) is 3.10. The van der Waals surface area contributed by atoms with Crippen LogP contribution >= 0.6 is 11.3 Å². The molecule has 0 aliphatic rings. The van der Waals surface area contributed by atoms with Gasteiger partial charge in [0, 0.05) is 15.6 Å². The molecule has 28 heavy (non-hydrogen) atoms. The topological polar surface area (TPSA) is 83.1 Å². The second-order valence-corrected chi connectivity index (χ2v) is 6.71. The molecule has 1 heterocycles. The Morgan fingerprint density at radius 3 is 2.14 bits per heavy atom. The molecule has 146 valence electrons. The number of rotatable bonds is 6. The zero-order chi connectivity index (χ0) is 20.3. The lowest BCUT2D eigenvalue weighted by Crippen LogP contribution is -2.14. The van der Waals surface area contributed by atoms with E-state index in [0.717, 1.165) is 10.1 Å². The fourth-order valence-electron chi connectivity index (χ4n) is 2.80. The number of hydrogen-bond donors (Lipinski definition) is 1. The Bertz CT molecular complexity index is 1020. The summed E-state index contributed by atoms with van der Waals surface area (Å²) in [5.74, 6) is 0.165. The van der Waals surface area contributed by atoms with Crippen molar-refractivity contribution in [2.75, 3.05) is 33.8 Å². The van der Waals surface area contributed by atoms with Crippen LogP contribution in [0, 0.1) is 0 Å². The largest absolute Gasteiger partial charge is 0.493 e. The van der Waals surface area contributed by atoms with E-state index in [1.54, 1.807) is 12.1 Å². The zero-order valence-electron chi connectivity index (χ0n) is 15.8. The number of hydrogen-bond acceptors (Lipinski definition) is 7. The summed E-state index contributed by atoms with van der Waals surface area (Å²) in [5, 5.41) is 3.58. The normalized spacial score (nSPS) is 10.4. The maximum absolute atomic E-state index is 12.9. The van der Waals surface area contributed by atoms with Crippen LogP contribution in [0.25, 0.3) is 10.1 Å². The molecule has 0 saturated carbocycles. The minimum atomic E-state index is -0.513. The minimum Gasteiger partial charge on any atom is -0.493 e. The zero-order valence-corrected chi connectivity index (χ0v) is 16.6. The van der Waals surface area contributed by atoms with Gasteiger partial charge in [0.05, 0.1) is 34.1 Å². The molecule has 0 fully saturated rings. The van der Waals surface area contributed by atoms with Gasteiger partial charge in [-0.1, -0.05) is 18.2 Å². The van der Waals surface area contributed by atoms with Crippen molar-refractivity contribution < 1.29 is 28.5 Å². The molecular formula is C20H19NO6S. The summed E-state index contributed by atoms with van der Waals surface area (Å²) in [7, 11) is 5.74. The van der Waals surface area contributed by atoms with E-state index in [4.69, 9.17) is 18.9 Å². The van der Waals surface area contributed by atoms with E-state index >= 15 is 0 Å². The van der Waals surface area contributed by atoms with Crippen LogP contribution in [0.1, 0.15) is 20.0 Å². The lowest BCUT2D eigenvalue weighted by atomic mass is 10.1. The number of methoxy groups -OCH3 is 4. The Morgan fingerprint density at radius 1 is 0.929 bits per heavy atom. The van der Waals surface area contributed by atoms with E-state index in [1.807, 2.05) is 24.3 Å². The molecule has 0 atom stereocenters. The van der Waals surface area contributed by atoms with E-state index in [0.29, 0.717) is 33.4 Å². The first kappa shape index (κ1) is 19.5. The summed E-state index contributed by atoms with van der Waals surface area (Å²) in [6.07, 6.45) is 0. The number of esters is 1. The van der Waals surface area contributed by atoms with Gasteiger partial charge < -0.3 is 24.3 Å². The fraction of sp³-hybridized carbons (Fsp3) is 0.200. The molecule has 0 bridgehead atoms. The van der Waals surface area contributed by atoms with Crippen LogP contribution in [0.5, 0.6) is 17.2 Å². The summed E-state index contributed by atoms with van der Waals surface area (Å²) in [4.78, 5) is 25.5. The molecule has 0 radical (unpaired) electrons. The van der Waals surface area contributed by atoms with Crippen LogP contribution in [-0.4, -0.2) is 40.3 Å². The predicted octanol–water partition coefficient (Wildman–Crippen LogP) is 3.97. The summed E-state index contributed by atoms with van der Waals surface area (Å²) >= 11 is 1.26. The van der Waals surface area contributed by atoms with E-state index in [-0.39, 0.29) is 0 Å². The van der Waals surface area contributed by atoms with Crippen molar-refractivity contribution in [1.29, 1.82) is 0 Å². The van der Waals surface area contributed by atoms with Crippen LogP contribution in [0.2, 0.25) is 0 Å². The number of amides is 1. The molecule has 0 saturated heterocycles. The highest BCUT2D eigenvalue weighted by Crippen LogP contribution is 2.39. The molecule has 3 rings (SSSR count). The predicted molar refractivity (Wildman–Crippen MR) is 107 cm³/mol. The lowest BCUT2D eigenvalue weighted by molar-refractivity contribution is 0.0607. The van der Waals surface area contributed by atoms with Crippen molar-refractivity contribution in [2.45, 2.75) is 0 Å². The highest BCUT2D eigenvalue weighted by Gasteiger charge is 2.23. The van der Waals surface area contributed by atoms with Crippen molar-refractivity contribution in [2.24, 2.45) is 0 Å². The standard InChI is InChI=1S/C20H19NO6S/c1-24-13-9-11(10-14(25-2)17(13)26-3)19(22)21-16-12-7-5-6-8-15(12)28-18(16)20(23)27-4/h5-10H,1-4H3,(H,21,22). The van der Waals surface area contributed by atoms with E-state index in [9.17, 15) is 9.59 Å². The van der Waals surface area contributed by atoms with Crippen LogP contribution in [-0.2, 0) is 4.74 Å². The van der Waals surface area contributed by atoms with Gasteiger partial charge in [0.2, 0.25) is 5.75 Å². The molecule has 3 aromatic rings. The van der Waals surface area contributed by atoms with Crippen LogP contribution in [0.3, 0.4) is 0 Å². The molecule has 1 amide bonds. The van der Waals surface area contributed by atoms with Crippen LogP contribution < -0.4 is 19.5 Å². The first-order valence-corrected chi connectivity index (χ1v) is 9.06. The fourth-order valence-corrected chi connectivity index (χ4v) is 3.88. The molecule has 2 aromatic carbocycles. The Morgan fingerprint density at radius 2 is 1.57 bits per heavy atom. The first-order valence-electron chi connectivity index (χ1n) is 8.25. The minimum absolute atomic E-state index is 0.292. The highest BCUT2D eigenvalue weighted by molar-refractivity contribution is 7.21. The molecule has 0 aliphatic heterocycles. The highest BCUT2D eigenvalue weighted by atomic mass is 32.1. The quantitative estimate of drug-likeness (QED) is 0.630. The summed E-state index contributed by atoms with van der Waals surface area (Å²) in [6.45, 7) is 0. The van der Waals surface area contributed by atoms with Gasteiger partial charge in [-0.3, -0.25) is 4.79 Å². The van der Waals surface area contributed by atoms with Gasteiger partial charge in [0.25, 0.3) is 5.91 Å². The number of carbonyl (C=O) groups excluding carboxylic acids is 2. The summed E-state index contributed by atoms with van der Waals surface area (Å²) in [6, 6.07) is 10.5. The van der Waals surface area contributed by atoms with E-state index in [1.165, 1.54) is 39.8 Å². The Balaban J connectivity index is 2.05. The van der Waals surface area contributed by atoms with Crippen molar-refractivity contribution in [3.05, 3.63) is 46.8 Å². The summed E-state index contributed by atoms with van der Waals surface area (Å²) < 4.78 is 21.6. The van der Waals surface area contributed by atoms with Crippen molar-refractivity contribution in [3.63, 3.8) is 0 Å². The van der Waals surface area contributed by atoms with Gasteiger partial charge in [-0.25, -0.2) is 4.79 Å². The SMILES string of the molecule is COC(=O)c1sc2ccccc2c1NC(=O)c1cc(OC)c(OC)c(OC)c1.